The Labute approximate surface area is 128 Å². The fraction of sp³-hybridized carbons (Fsp3) is 0. The third-order valence-electron chi connectivity index (χ3n) is 2.96. The Morgan fingerprint density at radius 1 is 0.950 bits per heavy atom. The van der Waals surface area contributed by atoms with Crippen LogP contribution in [0.25, 0.3) is 22.5 Å². The molecule has 0 saturated carbocycles. The van der Waals surface area contributed by atoms with Gasteiger partial charge in [0, 0.05) is 9.13 Å². The Morgan fingerprint density at radius 3 is 2.20 bits per heavy atom. The van der Waals surface area contributed by atoms with Gasteiger partial charge in [0.2, 0.25) is 0 Å². The molecule has 3 rings (SSSR count). The molecule has 0 aliphatic heterocycles. The highest BCUT2D eigenvalue weighted by molar-refractivity contribution is 14.1. The quantitative estimate of drug-likeness (QED) is 0.674. The van der Waals surface area contributed by atoms with Gasteiger partial charge in [-0.1, -0.05) is 29.4 Å². The van der Waals surface area contributed by atoms with Crippen molar-refractivity contribution in [2.24, 2.45) is 0 Å². The van der Waals surface area contributed by atoms with Crippen molar-refractivity contribution in [3.63, 3.8) is 0 Å². The number of aromatic nitrogens is 1. The summed E-state index contributed by atoms with van der Waals surface area (Å²) in [4.78, 5) is 0. The zero-order valence-corrected chi connectivity index (χ0v) is 12.5. The number of nitrogens with two attached hydrogens (primary N) is 1. The SMILES string of the molecule is Nc1noc(-c2ccc(I)cc2)c1-c1ccc(F)cc1. The molecule has 0 radical (unpaired) electrons. The maximum atomic E-state index is 13.0. The summed E-state index contributed by atoms with van der Waals surface area (Å²) in [5.74, 6) is 0.593. The van der Waals surface area contributed by atoms with Gasteiger partial charge in [0.25, 0.3) is 0 Å². The van der Waals surface area contributed by atoms with E-state index >= 15 is 0 Å². The van der Waals surface area contributed by atoms with Crippen LogP contribution in [0.2, 0.25) is 0 Å². The number of anilines is 1. The molecule has 0 spiro atoms. The average Bonchev–Trinajstić information content (AvgIpc) is 2.83. The van der Waals surface area contributed by atoms with Gasteiger partial charge in [-0.25, -0.2) is 4.39 Å². The highest BCUT2D eigenvalue weighted by Gasteiger charge is 2.17. The molecule has 0 amide bonds. The number of hydrogen-bond acceptors (Lipinski definition) is 3. The Bertz CT molecular complexity index is 736. The molecule has 1 heterocycles. The van der Waals surface area contributed by atoms with E-state index in [1.807, 2.05) is 24.3 Å². The lowest BCUT2D eigenvalue weighted by Gasteiger charge is -2.03. The Hall–Kier alpha value is -1.89. The van der Waals surface area contributed by atoms with Gasteiger partial charge in [-0.2, -0.15) is 0 Å². The predicted octanol–water partition coefficient (Wildman–Crippen LogP) is 4.33. The lowest BCUT2D eigenvalue weighted by molar-refractivity contribution is 0.436. The second kappa shape index (κ2) is 5.24. The van der Waals surface area contributed by atoms with Gasteiger partial charge < -0.3 is 10.3 Å². The fourth-order valence-electron chi connectivity index (χ4n) is 2.00. The molecule has 0 saturated heterocycles. The largest absolute Gasteiger partial charge is 0.380 e. The maximum absolute atomic E-state index is 13.0. The number of benzene rings is 2. The topological polar surface area (TPSA) is 52.0 Å². The van der Waals surface area contributed by atoms with Crippen molar-refractivity contribution in [1.29, 1.82) is 0 Å². The summed E-state index contributed by atoms with van der Waals surface area (Å²) in [6, 6.07) is 13.9. The molecule has 3 aromatic rings. The maximum Gasteiger partial charge on any atom is 0.176 e. The number of halogens is 2. The molecular weight excluding hydrogens is 370 g/mol. The van der Waals surface area contributed by atoms with E-state index in [-0.39, 0.29) is 5.82 Å². The van der Waals surface area contributed by atoms with Crippen LogP contribution in [-0.4, -0.2) is 5.16 Å². The summed E-state index contributed by atoms with van der Waals surface area (Å²) < 4.78 is 19.5. The van der Waals surface area contributed by atoms with E-state index in [1.54, 1.807) is 12.1 Å². The van der Waals surface area contributed by atoms with E-state index in [0.717, 1.165) is 14.7 Å². The second-order valence-corrected chi connectivity index (χ2v) is 5.53. The number of nitrogens with zero attached hydrogens (tertiary/aromatic N) is 1. The molecule has 0 atom stereocenters. The fourth-order valence-corrected chi connectivity index (χ4v) is 2.36. The normalized spacial score (nSPS) is 10.7. The van der Waals surface area contributed by atoms with Gasteiger partial charge in [-0.05, 0) is 52.4 Å². The molecule has 0 aliphatic rings. The molecule has 0 unspecified atom stereocenters. The van der Waals surface area contributed by atoms with Crippen molar-refractivity contribution in [1.82, 2.24) is 5.16 Å². The van der Waals surface area contributed by atoms with Crippen LogP contribution < -0.4 is 5.73 Å². The van der Waals surface area contributed by atoms with Crippen LogP contribution in [0.4, 0.5) is 10.2 Å². The van der Waals surface area contributed by atoms with Crippen molar-refractivity contribution < 1.29 is 8.91 Å². The molecule has 3 nitrogen and oxygen atoms in total. The van der Waals surface area contributed by atoms with Gasteiger partial charge in [0.1, 0.15) is 5.82 Å². The minimum atomic E-state index is -0.292. The van der Waals surface area contributed by atoms with Crippen molar-refractivity contribution >= 4 is 28.4 Å². The summed E-state index contributed by atoms with van der Waals surface area (Å²) >= 11 is 2.23. The summed E-state index contributed by atoms with van der Waals surface area (Å²) in [6.07, 6.45) is 0. The van der Waals surface area contributed by atoms with Crippen LogP contribution in [-0.2, 0) is 0 Å². The summed E-state index contributed by atoms with van der Waals surface area (Å²) in [6.45, 7) is 0. The minimum absolute atomic E-state index is 0.292. The van der Waals surface area contributed by atoms with Crippen LogP contribution in [0, 0.1) is 9.39 Å². The third-order valence-corrected chi connectivity index (χ3v) is 3.68. The van der Waals surface area contributed by atoms with Gasteiger partial charge in [-0.15, -0.1) is 0 Å². The lowest BCUT2D eigenvalue weighted by atomic mass is 10.0. The standard InChI is InChI=1S/C15H10FIN2O/c16-11-5-1-9(2-6-11)13-14(20-19-15(13)18)10-3-7-12(17)8-4-10/h1-8H,(H2,18,19). The Kier molecular flexibility index (Phi) is 3.43. The Balaban J connectivity index is 2.14. The van der Waals surface area contributed by atoms with E-state index in [0.29, 0.717) is 17.1 Å². The van der Waals surface area contributed by atoms with Crippen molar-refractivity contribution in [3.8, 4) is 22.5 Å². The molecule has 20 heavy (non-hydrogen) atoms. The number of nitrogen functional groups attached to an aromatic ring is 1. The minimum Gasteiger partial charge on any atom is -0.380 e. The monoisotopic (exact) mass is 380 g/mol. The molecule has 0 fully saturated rings. The van der Waals surface area contributed by atoms with Gasteiger partial charge in [-0.3, -0.25) is 0 Å². The second-order valence-electron chi connectivity index (χ2n) is 4.29. The highest BCUT2D eigenvalue weighted by Crippen LogP contribution is 2.36. The molecule has 0 aliphatic carbocycles. The number of rotatable bonds is 2. The van der Waals surface area contributed by atoms with Crippen LogP contribution in [0.5, 0.6) is 0 Å². The van der Waals surface area contributed by atoms with E-state index in [1.165, 1.54) is 12.1 Å². The van der Waals surface area contributed by atoms with Gasteiger partial charge in [0.15, 0.2) is 11.6 Å². The lowest BCUT2D eigenvalue weighted by Crippen LogP contribution is -1.89. The molecule has 5 heteroatoms. The van der Waals surface area contributed by atoms with Gasteiger partial charge in [0.05, 0.1) is 5.56 Å². The first-order valence-electron chi connectivity index (χ1n) is 5.92. The molecule has 0 bridgehead atoms. The average molecular weight is 380 g/mol. The molecule has 100 valence electrons. The van der Waals surface area contributed by atoms with Crippen molar-refractivity contribution in [2.75, 3.05) is 5.73 Å². The zero-order valence-electron chi connectivity index (χ0n) is 10.3. The molecule has 2 N–H and O–H groups in total. The first-order valence-corrected chi connectivity index (χ1v) is 7.00. The van der Waals surface area contributed by atoms with Crippen LogP contribution >= 0.6 is 22.6 Å². The van der Waals surface area contributed by atoms with Crippen LogP contribution in [0.15, 0.2) is 53.1 Å². The van der Waals surface area contributed by atoms with Gasteiger partial charge >= 0.3 is 0 Å². The first-order chi connectivity index (χ1) is 9.65. The summed E-state index contributed by atoms with van der Waals surface area (Å²) in [7, 11) is 0. The van der Waals surface area contributed by atoms with Crippen molar-refractivity contribution in [2.45, 2.75) is 0 Å². The van der Waals surface area contributed by atoms with Crippen LogP contribution in [0.3, 0.4) is 0 Å². The molecular formula is C15H10FIN2O. The van der Waals surface area contributed by atoms with E-state index in [4.69, 9.17) is 10.3 Å². The zero-order chi connectivity index (χ0) is 14.1. The molecule has 1 aromatic heterocycles. The third kappa shape index (κ3) is 2.40. The number of hydrogen-bond donors (Lipinski definition) is 1. The van der Waals surface area contributed by atoms with Crippen LogP contribution in [0.1, 0.15) is 0 Å². The van der Waals surface area contributed by atoms with E-state index in [9.17, 15) is 4.39 Å². The van der Waals surface area contributed by atoms with E-state index in [2.05, 4.69) is 27.7 Å². The summed E-state index contributed by atoms with van der Waals surface area (Å²) in [5, 5.41) is 3.82. The van der Waals surface area contributed by atoms with E-state index < -0.39 is 0 Å². The first kappa shape index (κ1) is 13.1. The molecule has 2 aromatic carbocycles. The predicted molar refractivity (Wildman–Crippen MR) is 84.5 cm³/mol. The van der Waals surface area contributed by atoms with Crippen molar-refractivity contribution in [3.05, 3.63) is 57.9 Å². The summed E-state index contributed by atoms with van der Waals surface area (Å²) in [5.41, 5.74) is 8.22. The Morgan fingerprint density at radius 2 is 1.55 bits per heavy atom. The smallest absolute Gasteiger partial charge is 0.176 e. The highest BCUT2D eigenvalue weighted by atomic mass is 127.